The highest BCUT2D eigenvalue weighted by Gasteiger charge is 2.34. The second-order valence-electron chi connectivity index (χ2n) is 9.08. The fourth-order valence-corrected chi connectivity index (χ4v) is 5.45. The van der Waals surface area contributed by atoms with Gasteiger partial charge in [0.1, 0.15) is 24.2 Å². The summed E-state index contributed by atoms with van der Waals surface area (Å²) in [6.45, 7) is 4.76. The molecule has 3 rings (SSSR count). The summed E-state index contributed by atoms with van der Waals surface area (Å²) in [6, 6.07) is 17.7. The molecule has 0 radical (unpaired) electrons. The molecule has 0 saturated carbocycles. The molecule has 1 unspecified atom stereocenters. The summed E-state index contributed by atoms with van der Waals surface area (Å²) in [6.07, 6.45) is 0.690. The Morgan fingerprint density at radius 3 is 2.33 bits per heavy atom. The number of aryl methyl sites for hydroxylation is 1. The van der Waals surface area contributed by atoms with Crippen molar-refractivity contribution in [3.05, 3.63) is 89.7 Å². The molecule has 3 aromatic carbocycles. The van der Waals surface area contributed by atoms with Crippen LogP contribution in [0.15, 0.2) is 77.7 Å². The Morgan fingerprint density at radius 2 is 1.69 bits per heavy atom. The van der Waals surface area contributed by atoms with Gasteiger partial charge in [0.2, 0.25) is 11.8 Å². The molecular formula is C29H34FN3O5S. The number of nitrogens with one attached hydrogen (secondary N) is 1. The number of hydrogen-bond acceptors (Lipinski definition) is 5. The first kappa shape index (κ1) is 29.6. The number of carbonyl (C=O) groups is 2. The minimum Gasteiger partial charge on any atom is -0.495 e. The van der Waals surface area contributed by atoms with Crippen LogP contribution >= 0.6 is 0 Å². The number of benzene rings is 3. The molecule has 0 aliphatic heterocycles. The van der Waals surface area contributed by atoms with Gasteiger partial charge in [-0.25, -0.2) is 12.8 Å². The predicted molar refractivity (Wildman–Crippen MR) is 148 cm³/mol. The van der Waals surface area contributed by atoms with Crippen LogP contribution in [0.4, 0.5) is 10.1 Å². The van der Waals surface area contributed by atoms with Crippen LogP contribution in [-0.4, -0.2) is 51.4 Å². The Balaban J connectivity index is 2.09. The van der Waals surface area contributed by atoms with Crippen molar-refractivity contribution in [3.63, 3.8) is 0 Å². The standard InChI is InChI=1S/C29H34FN3O5S/c1-5-17-31-29(35)22(3)32(19-23-11-9-10-14-25(23)30)28(34)20-33(26-18-21(2)15-16-27(26)38-4)39(36,37)24-12-7-6-8-13-24/h6-16,18,22H,5,17,19-20H2,1-4H3,(H,31,35). The quantitative estimate of drug-likeness (QED) is 0.360. The summed E-state index contributed by atoms with van der Waals surface area (Å²) in [7, 11) is -2.83. The summed E-state index contributed by atoms with van der Waals surface area (Å²) in [4.78, 5) is 28.0. The molecule has 8 nitrogen and oxygen atoms in total. The van der Waals surface area contributed by atoms with Crippen LogP contribution in [-0.2, 0) is 26.2 Å². The van der Waals surface area contributed by atoms with Gasteiger partial charge in [-0.1, -0.05) is 49.4 Å². The number of rotatable bonds is 12. The van der Waals surface area contributed by atoms with Gasteiger partial charge in [-0.3, -0.25) is 13.9 Å². The summed E-state index contributed by atoms with van der Waals surface area (Å²) >= 11 is 0. The molecule has 0 heterocycles. The molecule has 39 heavy (non-hydrogen) atoms. The molecule has 0 spiro atoms. The Morgan fingerprint density at radius 1 is 1.03 bits per heavy atom. The zero-order chi connectivity index (χ0) is 28.6. The largest absolute Gasteiger partial charge is 0.495 e. The van der Waals surface area contributed by atoms with E-state index in [4.69, 9.17) is 4.74 Å². The topological polar surface area (TPSA) is 96.0 Å². The van der Waals surface area contributed by atoms with Crippen LogP contribution in [0.25, 0.3) is 0 Å². The third kappa shape index (κ3) is 7.14. The van der Waals surface area contributed by atoms with Crippen LogP contribution < -0.4 is 14.4 Å². The van der Waals surface area contributed by atoms with Gasteiger partial charge in [-0.05, 0) is 56.2 Å². The van der Waals surface area contributed by atoms with Gasteiger partial charge in [0.05, 0.1) is 17.7 Å². The number of carbonyl (C=O) groups excluding carboxylic acids is 2. The van der Waals surface area contributed by atoms with Crippen LogP contribution in [0, 0.1) is 12.7 Å². The van der Waals surface area contributed by atoms with Crippen molar-refractivity contribution >= 4 is 27.5 Å². The normalized spacial score (nSPS) is 11.9. The van der Waals surface area contributed by atoms with E-state index in [1.807, 2.05) is 6.92 Å². The van der Waals surface area contributed by atoms with Gasteiger partial charge in [0.25, 0.3) is 10.0 Å². The molecule has 1 N–H and O–H groups in total. The Hall–Kier alpha value is -3.92. The molecule has 0 aliphatic carbocycles. The summed E-state index contributed by atoms with van der Waals surface area (Å²) in [5, 5.41) is 2.76. The second-order valence-corrected chi connectivity index (χ2v) is 10.9. The number of hydrogen-bond donors (Lipinski definition) is 1. The SMILES string of the molecule is CCCNC(=O)C(C)N(Cc1ccccc1F)C(=O)CN(c1cc(C)ccc1OC)S(=O)(=O)c1ccccc1. The molecule has 0 saturated heterocycles. The molecule has 0 fully saturated rings. The summed E-state index contributed by atoms with van der Waals surface area (Å²) in [5.41, 5.74) is 1.12. The van der Waals surface area contributed by atoms with E-state index in [9.17, 15) is 22.4 Å². The van der Waals surface area contributed by atoms with Gasteiger partial charge in [0.15, 0.2) is 0 Å². The van der Waals surface area contributed by atoms with Gasteiger partial charge in [0, 0.05) is 18.7 Å². The number of sulfonamides is 1. The maximum Gasteiger partial charge on any atom is 0.264 e. The zero-order valence-electron chi connectivity index (χ0n) is 22.6. The van der Waals surface area contributed by atoms with E-state index in [-0.39, 0.29) is 28.4 Å². The van der Waals surface area contributed by atoms with Crippen LogP contribution in [0.3, 0.4) is 0 Å². The number of amides is 2. The first-order valence-corrected chi connectivity index (χ1v) is 14.1. The Bertz CT molecular complexity index is 1400. The van der Waals surface area contributed by atoms with Crippen molar-refractivity contribution in [1.29, 1.82) is 0 Å². The maximum atomic E-state index is 14.6. The smallest absolute Gasteiger partial charge is 0.264 e. The minimum absolute atomic E-state index is 0.0178. The molecule has 0 bridgehead atoms. The minimum atomic E-state index is -4.24. The van der Waals surface area contributed by atoms with E-state index in [0.29, 0.717) is 13.0 Å². The fourth-order valence-electron chi connectivity index (χ4n) is 4.02. The molecule has 10 heteroatoms. The average molecular weight is 556 g/mol. The zero-order valence-corrected chi connectivity index (χ0v) is 23.4. The lowest BCUT2D eigenvalue weighted by Crippen LogP contribution is -2.51. The summed E-state index contributed by atoms with van der Waals surface area (Å²) in [5.74, 6) is -1.39. The van der Waals surface area contributed by atoms with E-state index < -0.39 is 40.2 Å². The van der Waals surface area contributed by atoms with Gasteiger partial charge >= 0.3 is 0 Å². The highest BCUT2D eigenvalue weighted by Crippen LogP contribution is 2.33. The Labute approximate surface area is 229 Å². The highest BCUT2D eigenvalue weighted by atomic mass is 32.2. The maximum absolute atomic E-state index is 14.6. The summed E-state index contributed by atoms with van der Waals surface area (Å²) < 4.78 is 48.8. The van der Waals surface area contributed by atoms with E-state index in [1.54, 1.807) is 49.4 Å². The van der Waals surface area contributed by atoms with E-state index >= 15 is 0 Å². The highest BCUT2D eigenvalue weighted by molar-refractivity contribution is 7.92. The first-order valence-electron chi connectivity index (χ1n) is 12.6. The molecule has 1 atom stereocenters. The lowest BCUT2D eigenvalue weighted by molar-refractivity contribution is -0.139. The molecular weight excluding hydrogens is 521 g/mol. The van der Waals surface area contributed by atoms with Crippen molar-refractivity contribution in [1.82, 2.24) is 10.2 Å². The third-order valence-corrected chi connectivity index (χ3v) is 8.00. The third-order valence-electron chi connectivity index (χ3n) is 6.23. The van der Waals surface area contributed by atoms with Gasteiger partial charge in [-0.15, -0.1) is 0 Å². The van der Waals surface area contributed by atoms with Crippen LogP contribution in [0.1, 0.15) is 31.4 Å². The molecule has 2 amide bonds. The van der Waals surface area contributed by atoms with Crippen molar-refractivity contribution in [2.24, 2.45) is 0 Å². The van der Waals surface area contributed by atoms with E-state index in [1.165, 1.54) is 49.3 Å². The average Bonchev–Trinajstić information content (AvgIpc) is 2.94. The molecule has 0 aliphatic rings. The fraction of sp³-hybridized carbons (Fsp3) is 0.310. The van der Waals surface area contributed by atoms with Gasteiger partial charge < -0.3 is 15.0 Å². The number of ether oxygens (including phenoxy) is 1. The van der Waals surface area contributed by atoms with Crippen LogP contribution in [0.2, 0.25) is 0 Å². The van der Waals surface area contributed by atoms with Crippen molar-refractivity contribution in [3.8, 4) is 5.75 Å². The van der Waals surface area contributed by atoms with Crippen molar-refractivity contribution in [2.45, 2.75) is 44.7 Å². The molecule has 3 aromatic rings. The number of anilines is 1. The number of halogens is 1. The van der Waals surface area contributed by atoms with Gasteiger partial charge in [-0.2, -0.15) is 0 Å². The lowest BCUT2D eigenvalue weighted by atomic mass is 10.1. The Kier molecular flexibility index (Phi) is 10.1. The molecule has 0 aromatic heterocycles. The lowest BCUT2D eigenvalue weighted by Gasteiger charge is -2.32. The molecule has 208 valence electrons. The second kappa shape index (κ2) is 13.2. The first-order chi connectivity index (χ1) is 18.6. The van der Waals surface area contributed by atoms with E-state index in [0.717, 1.165) is 9.87 Å². The number of methoxy groups -OCH3 is 1. The number of nitrogens with zero attached hydrogens (tertiary/aromatic N) is 2. The van der Waals surface area contributed by atoms with Crippen molar-refractivity contribution in [2.75, 3.05) is 24.5 Å². The van der Waals surface area contributed by atoms with Crippen molar-refractivity contribution < 1.29 is 27.1 Å². The van der Waals surface area contributed by atoms with Crippen LogP contribution in [0.5, 0.6) is 5.75 Å². The van der Waals surface area contributed by atoms with E-state index in [2.05, 4.69) is 5.32 Å². The monoisotopic (exact) mass is 555 g/mol. The predicted octanol–water partition coefficient (Wildman–Crippen LogP) is 4.28.